The fourth-order valence-electron chi connectivity index (χ4n) is 2.59. The van der Waals surface area contributed by atoms with Gasteiger partial charge < -0.3 is 4.90 Å². The number of nitrogens with zero attached hydrogens (tertiary/aromatic N) is 4. The van der Waals surface area contributed by atoms with Crippen LogP contribution in [0, 0.1) is 13.8 Å². The van der Waals surface area contributed by atoms with Crippen molar-refractivity contribution >= 4 is 17.7 Å². The number of piperidine rings is 1. The van der Waals surface area contributed by atoms with Crippen LogP contribution >= 0.6 is 11.8 Å². The van der Waals surface area contributed by atoms with E-state index in [4.69, 9.17) is 0 Å². The van der Waals surface area contributed by atoms with Gasteiger partial charge in [0.1, 0.15) is 11.6 Å². The van der Waals surface area contributed by atoms with Gasteiger partial charge >= 0.3 is 0 Å². The predicted octanol–water partition coefficient (Wildman–Crippen LogP) is 1.81. The third-order valence-corrected chi connectivity index (χ3v) is 4.57. The van der Waals surface area contributed by atoms with E-state index in [1.807, 2.05) is 36.6 Å². The number of likely N-dealkylation sites (tertiary alicyclic amines) is 1. The molecular weight excluding hydrogens is 260 g/mol. The first-order chi connectivity index (χ1) is 9.02. The minimum absolute atomic E-state index is 0.0392. The summed E-state index contributed by atoms with van der Waals surface area (Å²) in [7, 11) is 0. The van der Waals surface area contributed by atoms with Crippen LogP contribution in [-0.2, 0) is 4.79 Å². The van der Waals surface area contributed by atoms with Crippen molar-refractivity contribution in [2.75, 3.05) is 19.3 Å². The Labute approximate surface area is 118 Å². The average molecular weight is 282 g/mol. The van der Waals surface area contributed by atoms with Crippen molar-refractivity contribution in [3.63, 3.8) is 0 Å². The largest absolute Gasteiger partial charge is 0.340 e. The number of aryl methyl sites for hydroxylation is 2. The highest BCUT2D eigenvalue weighted by Gasteiger charge is 2.28. The number of hydrogen-bond acceptors (Lipinski definition) is 4. The Kier molecular flexibility index (Phi) is 4.50. The van der Waals surface area contributed by atoms with Gasteiger partial charge in [-0.2, -0.15) is 16.9 Å². The van der Waals surface area contributed by atoms with Crippen LogP contribution in [0.1, 0.15) is 37.5 Å². The third kappa shape index (κ3) is 3.11. The summed E-state index contributed by atoms with van der Waals surface area (Å²) in [6.45, 7) is 7.48. The summed E-state index contributed by atoms with van der Waals surface area (Å²) in [6.07, 6.45) is 4.09. The number of carbonyl (C=O) groups excluding carboxylic acids is 1. The molecule has 1 aliphatic rings. The van der Waals surface area contributed by atoms with Crippen molar-refractivity contribution in [3.05, 3.63) is 11.6 Å². The van der Waals surface area contributed by atoms with Gasteiger partial charge in [0.2, 0.25) is 5.91 Å². The third-order valence-electron chi connectivity index (χ3n) is 3.66. The number of amides is 1. The Hall–Kier alpha value is -1.04. The number of aromatic nitrogens is 3. The van der Waals surface area contributed by atoms with Crippen LogP contribution in [0.25, 0.3) is 0 Å². The number of rotatable bonds is 3. The highest BCUT2D eigenvalue weighted by molar-refractivity contribution is 7.99. The van der Waals surface area contributed by atoms with Gasteiger partial charge in [-0.05, 0) is 39.9 Å². The van der Waals surface area contributed by atoms with Gasteiger partial charge in [0.25, 0.3) is 0 Å². The van der Waals surface area contributed by atoms with Crippen LogP contribution in [0.4, 0.5) is 0 Å². The molecule has 2 heterocycles. The van der Waals surface area contributed by atoms with Gasteiger partial charge in [0.05, 0.1) is 11.3 Å². The zero-order chi connectivity index (χ0) is 14.0. The Balaban J connectivity index is 2.09. The molecule has 0 spiro atoms. The molecule has 19 heavy (non-hydrogen) atoms. The first kappa shape index (κ1) is 14.4. The van der Waals surface area contributed by atoms with E-state index in [-0.39, 0.29) is 17.2 Å². The van der Waals surface area contributed by atoms with Gasteiger partial charge in [-0.15, -0.1) is 0 Å². The second-order valence-electron chi connectivity index (χ2n) is 5.11. The smallest absolute Gasteiger partial charge is 0.235 e. The zero-order valence-corrected chi connectivity index (χ0v) is 12.9. The van der Waals surface area contributed by atoms with Gasteiger partial charge in [-0.25, -0.2) is 9.67 Å². The Morgan fingerprint density at radius 3 is 2.79 bits per heavy atom. The van der Waals surface area contributed by atoms with Crippen LogP contribution in [0.15, 0.2) is 0 Å². The lowest BCUT2D eigenvalue weighted by atomic mass is 10.1. The van der Waals surface area contributed by atoms with Gasteiger partial charge in [0.15, 0.2) is 0 Å². The standard InChI is InChI=1S/C13H22N4OS/c1-9(19-4)13(18)16-7-5-6-12(8-16)17-11(3)14-10(2)15-17/h9,12H,5-8H2,1-4H3/t9-,12+/m0/s1. The molecule has 2 atom stereocenters. The second-order valence-corrected chi connectivity index (χ2v) is 6.29. The summed E-state index contributed by atoms with van der Waals surface area (Å²) < 4.78 is 1.98. The van der Waals surface area contributed by atoms with E-state index in [1.165, 1.54) is 0 Å². The molecule has 0 bridgehead atoms. The quantitative estimate of drug-likeness (QED) is 0.848. The number of hydrogen-bond donors (Lipinski definition) is 0. The normalized spacial score (nSPS) is 21.5. The summed E-state index contributed by atoms with van der Waals surface area (Å²) in [5, 5.41) is 4.49. The molecule has 0 saturated carbocycles. The van der Waals surface area contributed by atoms with E-state index in [0.717, 1.165) is 37.6 Å². The first-order valence-corrected chi connectivity index (χ1v) is 8.03. The van der Waals surface area contributed by atoms with Crippen molar-refractivity contribution in [3.8, 4) is 0 Å². The number of thioether (sulfide) groups is 1. The summed E-state index contributed by atoms with van der Waals surface area (Å²) in [5.41, 5.74) is 0. The highest BCUT2D eigenvalue weighted by Crippen LogP contribution is 2.23. The molecule has 1 aromatic rings. The van der Waals surface area contributed by atoms with Crippen molar-refractivity contribution < 1.29 is 4.79 Å². The fraction of sp³-hybridized carbons (Fsp3) is 0.769. The molecular formula is C13H22N4OS. The van der Waals surface area contributed by atoms with Crippen LogP contribution in [0.3, 0.4) is 0 Å². The zero-order valence-electron chi connectivity index (χ0n) is 12.1. The maximum absolute atomic E-state index is 12.3. The SMILES string of the molecule is CS[C@@H](C)C(=O)N1CCC[C@@H](n2nc(C)nc2C)C1. The summed E-state index contributed by atoms with van der Waals surface area (Å²) in [6, 6.07) is 0.271. The monoisotopic (exact) mass is 282 g/mol. The second kappa shape index (κ2) is 5.94. The molecule has 1 amide bonds. The number of carbonyl (C=O) groups is 1. The Bertz CT molecular complexity index is 459. The van der Waals surface area contributed by atoms with E-state index in [0.29, 0.717) is 0 Å². The lowest BCUT2D eigenvalue weighted by molar-refractivity contribution is -0.132. The summed E-state index contributed by atoms with van der Waals surface area (Å²) in [4.78, 5) is 18.6. The summed E-state index contributed by atoms with van der Waals surface area (Å²) >= 11 is 1.60. The van der Waals surface area contributed by atoms with Crippen molar-refractivity contribution in [1.29, 1.82) is 0 Å². The molecule has 106 valence electrons. The molecule has 0 radical (unpaired) electrons. The topological polar surface area (TPSA) is 51.0 Å². The average Bonchev–Trinajstić information content (AvgIpc) is 2.76. The van der Waals surface area contributed by atoms with Crippen LogP contribution < -0.4 is 0 Å². The van der Waals surface area contributed by atoms with E-state index >= 15 is 0 Å². The molecule has 0 N–H and O–H groups in total. The maximum atomic E-state index is 12.3. The molecule has 0 aromatic carbocycles. The molecule has 0 aliphatic carbocycles. The van der Waals surface area contributed by atoms with Crippen LogP contribution in [-0.4, -0.2) is 50.2 Å². The molecule has 1 fully saturated rings. The highest BCUT2D eigenvalue weighted by atomic mass is 32.2. The predicted molar refractivity (Wildman–Crippen MR) is 77.3 cm³/mol. The first-order valence-electron chi connectivity index (χ1n) is 6.74. The van der Waals surface area contributed by atoms with Crippen LogP contribution in [0.2, 0.25) is 0 Å². The van der Waals surface area contributed by atoms with E-state index in [2.05, 4.69) is 10.1 Å². The van der Waals surface area contributed by atoms with Crippen molar-refractivity contribution in [2.45, 2.75) is 44.9 Å². The Morgan fingerprint density at radius 2 is 2.21 bits per heavy atom. The maximum Gasteiger partial charge on any atom is 0.235 e. The molecule has 5 nitrogen and oxygen atoms in total. The molecule has 6 heteroatoms. The lowest BCUT2D eigenvalue weighted by Crippen LogP contribution is -2.44. The fourth-order valence-corrected chi connectivity index (χ4v) is 2.95. The lowest BCUT2D eigenvalue weighted by Gasteiger charge is -2.34. The van der Waals surface area contributed by atoms with Crippen molar-refractivity contribution in [1.82, 2.24) is 19.7 Å². The molecule has 1 aromatic heterocycles. The molecule has 1 aliphatic heterocycles. The van der Waals surface area contributed by atoms with Crippen molar-refractivity contribution in [2.24, 2.45) is 0 Å². The van der Waals surface area contributed by atoms with E-state index in [1.54, 1.807) is 11.8 Å². The minimum Gasteiger partial charge on any atom is -0.340 e. The van der Waals surface area contributed by atoms with Gasteiger partial charge in [0, 0.05) is 13.1 Å². The molecule has 0 unspecified atom stereocenters. The minimum atomic E-state index is 0.0392. The molecule has 1 saturated heterocycles. The van der Waals surface area contributed by atoms with E-state index in [9.17, 15) is 4.79 Å². The van der Waals surface area contributed by atoms with Gasteiger partial charge in [-0.3, -0.25) is 4.79 Å². The van der Waals surface area contributed by atoms with E-state index < -0.39 is 0 Å². The van der Waals surface area contributed by atoms with Gasteiger partial charge in [-0.1, -0.05) is 0 Å². The van der Waals surface area contributed by atoms with Crippen LogP contribution in [0.5, 0.6) is 0 Å². The molecule has 2 rings (SSSR count). The Morgan fingerprint density at radius 1 is 1.47 bits per heavy atom. The summed E-state index contributed by atoms with van der Waals surface area (Å²) in [5.74, 6) is 1.99.